The van der Waals surface area contributed by atoms with Gasteiger partial charge in [-0.2, -0.15) is 0 Å². The second-order valence-corrected chi connectivity index (χ2v) is 3.68. The van der Waals surface area contributed by atoms with Crippen LogP contribution >= 0.6 is 8.25 Å². The van der Waals surface area contributed by atoms with Crippen LogP contribution in [0.4, 0.5) is 0 Å². The van der Waals surface area contributed by atoms with E-state index in [-0.39, 0.29) is 5.92 Å². The lowest BCUT2D eigenvalue weighted by molar-refractivity contribution is 0.408. The molecule has 0 radical (unpaired) electrons. The van der Waals surface area contributed by atoms with Crippen molar-refractivity contribution in [2.75, 3.05) is 0 Å². The summed E-state index contributed by atoms with van der Waals surface area (Å²) in [5.74, 6) is 0.771. The first-order valence-electron chi connectivity index (χ1n) is 4.04. The fraction of sp³-hybridized carbons (Fsp3) is 0.333. The lowest BCUT2D eigenvalue weighted by atomic mass is 10.0. The maximum atomic E-state index is 10.5. The summed E-state index contributed by atoms with van der Waals surface area (Å²) >= 11 is 0. The van der Waals surface area contributed by atoms with Gasteiger partial charge in [0.25, 0.3) is 0 Å². The highest BCUT2D eigenvalue weighted by Crippen LogP contribution is 2.31. The maximum absolute atomic E-state index is 10.5. The summed E-state index contributed by atoms with van der Waals surface area (Å²) in [6, 6.07) is 7.24. The Bertz CT molecular complexity index is 309. The van der Waals surface area contributed by atoms with Crippen molar-refractivity contribution < 1.29 is 14.0 Å². The van der Waals surface area contributed by atoms with E-state index in [1.165, 1.54) is 0 Å². The Kier molecular flexibility index (Phi) is 3.40. The summed E-state index contributed by atoms with van der Waals surface area (Å²) in [5.41, 5.74) is 0.944. The van der Waals surface area contributed by atoms with Crippen molar-refractivity contribution in [3.8, 4) is 5.75 Å². The first-order chi connectivity index (χ1) is 6.11. The largest absolute Gasteiger partial charge is 0.747 e. The van der Waals surface area contributed by atoms with Gasteiger partial charge in [-0.05, 0) is 12.0 Å². The van der Waals surface area contributed by atoms with Crippen LogP contribution in [0.1, 0.15) is 25.3 Å². The van der Waals surface area contributed by atoms with Crippen molar-refractivity contribution in [1.82, 2.24) is 0 Å². The average Bonchev–Trinajstić information content (AvgIpc) is 2.03. The first-order valence-corrected chi connectivity index (χ1v) is 5.17. The highest BCUT2D eigenvalue weighted by Gasteiger charge is 2.18. The molecule has 1 aromatic carbocycles. The van der Waals surface area contributed by atoms with Crippen molar-refractivity contribution in [3.63, 3.8) is 0 Å². The topological polar surface area (TPSA) is 46.5 Å². The Morgan fingerprint density at radius 2 is 2.00 bits per heavy atom. The smallest absolute Gasteiger partial charge is 0.229 e. The second-order valence-electron chi connectivity index (χ2n) is 3.02. The van der Waals surface area contributed by atoms with Crippen LogP contribution < -0.4 is 4.52 Å². The van der Waals surface area contributed by atoms with E-state index >= 15 is 0 Å². The van der Waals surface area contributed by atoms with Crippen molar-refractivity contribution in [3.05, 3.63) is 29.8 Å². The van der Waals surface area contributed by atoms with E-state index in [4.69, 9.17) is 9.42 Å². The fourth-order valence-corrected chi connectivity index (χ4v) is 1.46. The molecule has 13 heavy (non-hydrogen) atoms. The van der Waals surface area contributed by atoms with Gasteiger partial charge in [-0.25, -0.2) is 4.52 Å². The average molecular weight is 199 g/mol. The van der Waals surface area contributed by atoms with Crippen LogP contribution in [-0.4, -0.2) is 4.89 Å². The number of rotatable bonds is 3. The lowest BCUT2D eigenvalue weighted by Crippen LogP contribution is -1.91. The van der Waals surface area contributed by atoms with Crippen LogP contribution in [0.2, 0.25) is 0 Å². The molecule has 0 fully saturated rings. The predicted octanol–water partition coefficient (Wildman–Crippen LogP) is 2.84. The van der Waals surface area contributed by atoms with Gasteiger partial charge in [-0.3, -0.25) is 0 Å². The molecule has 0 aliphatic rings. The normalized spacial score (nSPS) is 11.5. The third kappa shape index (κ3) is 2.79. The zero-order valence-electron chi connectivity index (χ0n) is 7.60. The van der Waals surface area contributed by atoms with Crippen LogP contribution in [0.15, 0.2) is 24.3 Å². The molecule has 0 spiro atoms. The van der Waals surface area contributed by atoms with Crippen molar-refractivity contribution in [2.24, 2.45) is 0 Å². The minimum absolute atomic E-state index is 0.283. The zero-order chi connectivity index (χ0) is 9.84. The summed E-state index contributed by atoms with van der Waals surface area (Å²) in [6.07, 6.45) is 0. The molecular weight excluding hydrogens is 187 g/mol. The number of para-hydroxylation sites is 1. The summed E-state index contributed by atoms with van der Waals surface area (Å²) < 4.78 is 15.2. The molecule has 1 aromatic rings. The Morgan fingerprint density at radius 3 is 2.54 bits per heavy atom. The van der Waals surface area contributed by atoms with E-state index in [0.29, 0.717) is 5.75 Å². The van der Waals surface area contributed by atoms with Gasteiger partial charge in [-0.1, -0.05) is 32.0 Å². The van der Waals surface area contributed by atoms with Gasteiger partial charge in [0.2, 0.25) is 0 Å². The summed E-state index contributed by atoms with van der Waals surface area (Å²) in [6.45, 7) is 4.01. The van der Waals surface area contributed by atoms with E-state index in [2.05, 4.69) is 0 Å². The van der Waals surface area contributed by atoms with Gasteiger partial charge in [-0.15, -0.1) is 4.89 Å². The molecule has 1 rings (SSSR count). The van der Waals surface area contributed by atoms with Crippen LogP contribution in [0.3, 0.4) is 0 Å². The third-order valence-corrected chi connectivity index (χ3v) is 2.07. The minimum atomic E-state index is -2.57. The molecule has 0 aromatic heterocycles. The Hall–Kier alpha value is -0.920. The summed E-state index contributed by atoms with van der Waals surface area (Å²) in [4.78, 5) is 8.60. The monoisotopic (exact) mass is 199 g/mol. The lowest BCUT2D eigenvalue weighted by Gasteiger charge is -2.06. The molecule has 0 saturated carbocycles. The molecule has 0 bridgehead atoms. The molecule has 0 heterocycles. The highest BCUT2D eigenvalue weighted by atomic mass is 31.1. The molecule has 0 aliphatic carbocycles. The van der Waals surface area contributed by atoms with Crippen molar-refractivity contribution >= 4 is 8.25 Å². The van der Waals surface area contributed by atoms with Gasteiger partial charge < -0.3 is 0 Å². The zero-order valence-corrected chi connectivity index (χ0v) is 8.49. The Labute approximate surface area is 78.3 Å². The second kappa shape index (κ2) is 4.35. The Morgan fingerprint density at radius 1 is 1.38 bits per heavy atom. The summed E-state index contributed by atoms with van der Waals surface area (Å²) in [5, 5.41) is 0. The third-order valence-electron chi connectivity index (χ3n) is 1.72. The fourth-order valence-electron chi connectivity index (χ4n) is 1.12. The molecular formula is C9H12O3P+. The number of hydrogen-bond donors (Lipinski definition) is 1. The van der Waals surface area contributed by atoms with Crippen molar-refractivity contribution in [2.45, 2.75) is 19.8 Å². The van der Waals surface area contributed by atoms with Gasteiger partial charge in [0.15, 0.2) is 5.75 Å². The SMILES string of the molecule is CC(C)c1ccccc1O[P+](=O)O. The minimum Gasteiger partial charge on any atom is -0.229 e. The van der Waals surface area contributed by atoms with Gasteiger partial charge in [0.05, 0.1) is 0 Å². The molecule has 0 amide bonds. The van der Waals surface area contributed by atoms with E-state index in [1.807, 2.05) is 26.0 Å². The number of hydrogen-bond acceptors (Lipinski definition) is 2. The van der Waals surface area contributed by atoms with E-state index < -0.39 is 8.25 Å². The Balaban J connectivity index is 2.97. The van der Waals surface area contributed by atoms with E-state index in [1.54, 1.807) is 12.1 Å². The maximum Gasteiger partial charge on any atom is 0.747 e. The molecule has 3 nitrogen and oxygen atoms in total. The first kappa shape index (κ1) is 10.2. The van der Waals surface area contributed by atoms with Crippen LogP contribution in [0, 0.1) is 0 Å². The molecule has 1 unspecified atom stereocenters. The van der Waals surface area contributed by atoms with Crippen LogP contribution in [0.5, 0.6) is 5.75 Å². The van der Waals surface area contributed by atoms with Gasteiger partial charge in [0, 0.05) is 10.1 Å². The molecule has 0 saturated heterocycles. The van der Waals surface area contributed by atoms with Crippen molar-refractivity contribution in [1.29, 1.82) is 0 Å². The van der Waals surface area contributed by atoms with Gasteiger partial charge in [0.1, 0.15) is 0 Å². The van der Waals surface area contributed by atoms with E-state index in [9.17, 15) is 4.57 Å². The predicted molar refractivity (Wildman–Crippen MR) is 51.0 cm³/mol. The number of benzene rings is 1. The van der Waals surface area contributed by atoms with Gasteiger partial charge >= 0.3 is 8.25 Å². The quantitative estimate of drug-likeness (QED) is 0.761. The molecule has 1 atom stereocenters. The standard InChI is InChI=1S/C9H11O3P/c1-7(2)8-5-3-4-6-9(8)12-13(10)11/h3-7H,1-2H3/p+1. The molecule has 1 N–H and O–H groups in total. The van der Waals surface area contributed by atoms with Crippen LogP contribution in [-0.2, 0) is 4.57 Å². The molecule has 4 heteroatoms. The van der Waals surface area contributed by atoms with Crippen LogP contribution in [0.25, 0.3) is 0 Å². The van der Waals surface area contributed by atoms with E-state index in [0.717, 1.165) is 5.56 Å². The summed E-state index contributed by atoms with van der Waals surface area (Å²) in [7, 11) is -2.57. The molecule has 0 aliphatic heterocycles. The highest BCUT2D eigenvalue weighted by molar-refractivity contribution is 7.32. The molecule has 70 valence electrons.